The lowest BCUT2D eigenvalue weighted by molar-refractivity contribution is 0.0967. The molecule has 0 aliphatic rings. The molecule has 0 saturated heterocycles. The Kier molecular flexibility index (Phi) is 3.42. The number of rotatable bonds is 3. The summed E-state index contributed by atoms with van der Waals surface area (Å²) in [7, 11) is 1.63. The highest BCUT2D eigenvalue weighted by atomic mass is 32.1. The zero-order valence-corrected chi connectivity index (χ0v) is 8.94. The van der Waals surface area contributed by atoms with Crippen LogP contribution in [0.15, 0.2) is 6.20 Å². The van der Waals surface area contributed by atoms with Crippen LogP contribution in [-0.4, -0.2) is 17.9 Å². The predicted octanol–water partition coefficient (Wildman–Crippen LogP) is 1.70. The minimum atomic E-state index is -0.0486. The Morgan fingerprint density at radius 1 is 1.69 bits per heavy atom. The number of amides is 1. The van der Waals surface area contributed by atoms with Crippen molar-refractivity contribution in [1.29, 1.82) is 0 Å². The van der Waals surface area contributed by atoms with Crippen molar-refractivity contribution < 1.29 is 4.79 Å². The molecule has 0 fully saturated rings. The maximum atomic E-state index is 11.2. The van der Waals surface area contributed by atoms with Gasteiger partial charge >= 0.3 is 0 Å². The van der Waals surface area contributed by atoms with Gasteiger partial charge in [0.05, 0.1) is 11.2 Å². The van der Waals surface area contributed by atoms with Crippen molar-refractivity contribution in [1.82, 2.24) is 10.3 Å². The van der Waals surface area contributed by atoms with E-state index in [-0.39, 0.29) is 5.91 Å². The second-order valence-corrected chi connectivity index (χ2v) is 4.41. The lowest BCUT2D eigenvalue weighted by Gasteiger charge is -1.98. The topological polar surface area (TPSA) is 42.0 Å². The number of carbonyl (C=O) groups excluding carboxylic acids is 1. The molecular weight excluding hydrogens is 184 g/mol. The summed E-state index contributed by atoms with van der Waals surface area (Å²) < 4.78 is 0. The van der Waals surface area contributed by atoms with Crippen molar-refractivity contribution in [2.24, 2.45) is 5.92 Å². The minimum absolute atomic E-state index is 0.0486. The molecule has 1 rings (SSSR count). The van der Waals surface area contributed by atoms with E-state index in [9.17, 15) is 4.79 Å². The summed E-state index contributed by atoms with van der Waals surface area (Å²) >= 11 is 1.47. The Bertz CT molecular complexity index is 294. The summed E-state index contributed by atoms with van der Waals surface area (Å²) in [5.41, 5.74) is 0. The number of nitrogens with one attached hydrogen (secondary N) is 1. The Morgan fingerprint density at radius 3 is 2.92 bits per heavy atom. The Balaban J connectivity index is 2.69. The van der Waals surface area contributed by atoms with Crippen LogP contribution >= 0.6 is 11.3 Å². The van der Waals surface area contributed by atoms with E-state index in [2.05, 4.69) is 24.1 Å². The summed E-state index contributed by atoms with van der Waals surface area (Å²) in [5.74, 6) is 0.538. The standard InChI is InChI=1S/C9H14N2OS/c1-6(2)4-8-11-5-7(13-8)9(12)10-3/h5-6H,4H2,1-3H3,(H,10,12). The molecule has 0 aliphatic heterocycles. The highest BCUT2D eigenvalue weighted by molar-refractivity contribution is 7.13. The lowest BCUT2D eigenvalue weighted by atomic mass is 10.1. The zero-order valence-electron chi connectivity index (χ0n) is 8.13. The summed E-state index contributed by atoms with van der Waals surface area (Å²) in [6.45, 7) is 4.28. The van der Waals surface area contributed by atoms with Crippen molar-refractivity contribution in [3.8, 4) is 0 Å². The number of nitrogens with zero attached hydrogens (tertiary/aromatic N) is 1. The van der Waals surface area contributed by atoms with E-state index in [1.54, 1.807) is 13.2 Å². The van der Waals surface area contributed by atoms with Crippen LogP contribution in [0.5, 0.6) is 0 Å². The Labute approximate surface area is 82.2 Å². The van der Waals surface area contributed by atoms with E-state index in [1.807, 2.05) is 0 Å². The van der Waals surface area contributed by atoms with Gasteiger partial charge in [0.25, 0.3) is 5.91 Å². The largest absolute Gasteiger partial charge is 0.354 e. The Hall–Kier alpha value is -0.900. The number of hydrogen-bond acceptors (Lipinski definition) is 3. The molecule has 1 amide bonds. The van der Waals surface area contributed by atoms with Crippen LogP contribution in [0.3, 0.4) is 0 Å². The van der Waals surface area contributed by atoms with Crippen LogP contribution in [0.2, 0.25) is 0 Å². The molecule has 0 bridgehead atoms. The third kappa shape index (κ3) is 2.81. The third-order valence-electron chi connectivity index (χ3n) is 1.59. The van der Waals surface area contributed by atoms with Crippen molar-refractivity contribution in [2.75, 3.05) is 7.05 Å². The minimum Gasteiger partial charge on any atom is -0.354 e. The average Bonchev–Trinajstić information content (AvgIpc) is 2.50. The van der Waals surface area contributed by atoms with Crippen LogP contribution < -0.4 is 5.32 Å². The first-order chi connectivity index (χ1) is 6.13. The smallest absolute Gasteiger partial charge is 0.262 e. The fourth-order valence-corrected chi connectivity index (χ4v) is 2.06. The van der Waals surface area contributed by atoms with Crippen LogP contribution in [0.4, 0.5) is 0 Å². The molecule has 4 heteroatoms. The van der Waals surface area contributed by atoms with Gasteiger partial charge in [-0.15, -0.1) is 11.3 Å². The van der Waals surface area contributed by atoms with E-state index in [4.69, 9.17) is 0 Å². The highest BCUT2D eigenvalue weighted by Crippen LogP contribution is 2.16. The summed E-state index contributed by atoms with van der Waals surface area (Å²) in [6.07, 6.45) is 2.59. The van der Waals surface area contributed by atoms with E-state index >= 15 is 0 Å². The van der Waals surface area contributed by atoms with E-state index < -0.39 is 0 Å². The molecule has 1 heterocycles. The normalized spacial score (nSPS) is 10.5. The van der Waals surface area contributed by atoms with Gasteiger partial charge in [0.1, 0.15) is 4.88 Å². The van der Waals surface area contributed by atoms with Gasteiger partial charge in [-0.1, -0.05) is 13.8 Å². The predicted molar refractivity (Wildman–Crippen MR) is 54.0 cm³/mol. The van der Waals surface area contributed by atoms with Gasteiger partial charge in [-0.3, -0.25) is 4.79 Å². The van der Waals surface area contributed by atoms with Crippen LogP contribution in [-0.2, 0) is 6.42 Å². The maximum absolute atomic E-state index is 11.2. The SMILES string of the molecule is CNC(=O)c1cnc(CC(C)C)s1. The zero-order chi connectivity index (χ0) is 9.84. The van der Waals surface area contributed by atoms with E-state index in [0.717, 1.165) is 11.4 Å². The second kappa shape index (κ2) is 4.37. The molecule has 1 aromatic heterocycles. The van der Waals surface area contributed by atoms with E-state index in [0.29, 0.717) is 10.8 Å². The van der Waals surface area contributed by atoms with Gasteiger partial charge in [0.15, 0.2) is 0 Å². The highest BCUT2D eigenvalue weighted by Gasteiger charge is 2.09. The third-order valence-corrected chi connectivity index (χ3v) is 2.61. The van der Waals surface area contributed by atoms with Crippen molar-refractivity contribution in [3.05, 3.63) is 16.1 Å². The summed E-state index contributed by atoms with van der Waals surface area (Å²) in [6, 6.07) is 0. The summed E-state index contributed by atoms with van der Waals surface area (Å²) in [4.78, 5) is 16.0. The maximum Gasteiger partial charge on any atom is 0.262 e. The first-order valence-corrected chi connectivity index (χ1v) is 5.12. The van der Waals surface area contributed by atoms with Gasteiger partial charge in [-0.05, 0) is 5.92 Å². The first-order valence-electron chi connectivity index (χ1n) is 4.30. The lowest BCUT2D eigenvalue weighted by Crippen LogP contribution is -2.16. The van der Waals surface area contributed by atoms with Gasteiger partial charge in [-0.2, -0.15) is 0 Å². The monoisotopic (exact) mass is 198 g/mol. The Morgan fingerprint density at radius 2 is 2.38 bits per heavy atom. The molecule has 0 radical (unpaired) electrons. The van der Waals surface area contributed by atoms with Gasteiger partial charge in [-0.25, -0.2) is 4.98 Å². The molecular formula is C9H14N2OS. The number of aromatic nitrogens is 1. The molecule has 1 N–H and O–H groups in total. The molecule has 0 aliphatic carbocycles. The van der Waals surface area contributed by atoms with Crippen LogP contribution in [0.1, 0.15) is 28.5 Å². The van der Waals surface area contributed by atoms with Crippen LogP contribution in [0, 0.1) is 5.92 Å². The van der Waals surface area contributed by atoms with Crippen LogP contribution in [0.25, 0.3) is 0 Å². The molecule has 0 unspecified atom stereocenters. The molecule has 0 saturated carbocycles. The molecule has 1 aromatic rings. The summed E-state index contributed by atoms with van der Waals surface area (Å²) in [5, 5.41) is 3.62. The second-order valence-electron chi connectivity index (χ2n) is 3.30. The fourth-order valence-electron chi connectivity index (χ4n) is 0.982. The number of thiazole rings is 1. The van der Waals surface area contributed by atoms with Gasteiger partial charge in [0, 0.05) is 13.5 Å². The molecule has 13 heavy (non-hydrogen) atoms. The molecule has 0 aromatic carbocycles. The van der Waals surface area contributed by atoms with Crippen molar-refractivity contribution in [2.45, 2.75) is 20.3 Å². The van der Waals surface area contributed by atoms with Crippen molar-refractivity contribution in [3.63, 3.8) is 0 Å². The van der Waals surface area contributed by atoms with Gasteiger partial charge < -0.3 is 5.32 Å². The fraction of sp³-hybridized carbons (Fsp3) is 0.556. The quantitative estimate of drug-likeness (QED) is 0.803. The molecule has 0 spiro atoms. The molecule has 3 nitrogen and oxygen atoms in total. The average molecular weight is 198 g/mol. The first kappa shape index (κ1) is 10.2. The van der Waals surface area contributed by atoms with E-state index in [1.165, 1.54) is 11.3 Å². The van der Waals surface area contributed by atoms with Gasteiger partial charge in [0.2, 0.25) is 0 Å². The van der Waals surface area contributed by atoms with Crippen molar-refractivity contribution >= 4 is 17.2 Å². The molecule has 0 atom stereocenters. The molecule has 72 valence electrons. The number of hydrogen-bond donors (Lipinski definition) is 1. The number of carbonyl (C=O) groups is 1.